The summed E-state index contributed by atoms with van der Waals surface area (Å²) in [5, 5.41) is 14.0. The number of urea groups is 1. The Bertz CT molecular complexity index is 329. The summed E-state index contributed by atoms with van der Waals surface area (Å²) in [7, 11) is 0. The van der Waals surface area contributed by atoms with Crippen LogP contribution in [0, 0.1) is 0 Å². The van der Waals surface area contributed by atoms with Gasteiger partial charge in [0.1, 0.15) is 5.38 Å². The maximum atomic E-state index is 11.1. The van der Waals surface area contributed by atoms with Crippen LogP contribution in [0.3, 0.4) is 0 Å². The van der Waals surface area contributed by atoms with Gasteiger partial charge in [0.25, 0.3) is 0 Å². The average molecular weight is 279 g/mol. The number of hydrogen-bond acceptors (Lipinski definition) is 3. The second-order valence-corrected chi connectivity index (χ2v) is 6.16. The first-order valence-electron chi connectivity index (χ1n) is 5.63. The number of carbonyl (C=O) groups is 2. The molecule has 2 fully saturated rings. The van der Waals surface area contributed by atoms with Crippen LogP contribution in [-0.4, -0.2) is 45.6 Å². The number of amides is 2. The van der Waals surface area contributed by atoms with Crippen molar-refractivity contribution in [1.29, 1.82) is 0 Å². The van der Waals surface area contributed by atoms with Crippen LogP contribution in [-0.2, 0) is 4.79 Å². The largest absolute Gasteiger partial charge is 0.480 e. The molecule has 96 valence electrons. The van der Waals surface area contributed by atoms with Crippen LogP contribution < -0.4 is 10.6 Å². The highest BCUT2D eigenvalue weighted by atomic mass is 35.5. The lowest BCUT2D eigenvalue weighted by molar-refractivity contribution is -0.136. The quantitative estimate of drug-likeness (QED) is 0.518. The number of carboxylic acids is 1. The van der Waals surface area contributed by atoms with E-state index in [1.165, 1.54) is 0 Å². The second kappa shape index (κ2) is 5.35. The molecule has 4 atom stereocenters. The van der Waals surface area contributed by atoms with Gasteiger partial charge in [-0.15, -0.1) is 11.6 Å². The minimum atomic E-state index is -0.959. The molecule has 0 aliphatic carbocycles. The fourth-order valence-corrected chi connectivity index (χ4v) is 3.96. The van der Waals surface area contributed by atoms with Crippen LogP contribution in [0.2, 0.25) is 0 Å². The van der Waals surface area contributed by atoms with Gasteiger partial charge in [0.15, 0.2) is 0 Å². The van der Waals surface area contributed by atoms with Crippen molar-refractivity contribution in [3.63, 3.8) is 0 Å². The highest BCUT2D eigenvalue weighted by Gasteiger charge is 2.42. The van der Waals surface area contributed by atoms with E-state index in [1.54, 1.807) is 0 Å². The van der Waals surface area contributed by atoms with Crippen LogP contribution in [0.15, 0.2) is 0 Å². The zero-order valence-electron chi connectivity index (χ0n) is 9.19. The molecule has 0 spiro atoms. The number of carbonyl (C=O) groups excluding carboxylic acids is 1. The van der Waals surface area contributed by atoms with Crippen molar-refractivity contribution in [3.05, 3.63) is 0 Å². The SMILES string of the molecule is O=C1N[C@H]2[C@H](CS[C@H]2CCCC(Cl)C(=O)O)N1. The summed E-state index contributed by atoms with van der Waals surface area (Å²) >= 11 is 7.48. The Balaban J connectivity index is 1.73. The van der Waals surface area contributed by atoms with Crippen molar-refractivity contribution in [2.45, 2.75) is 42.0 Å². The lowest BCUT2D eigenvalue weighted by Gasteiger charge is -2.16. The van der Waals surface area contributed by atoms with Gasteiger partial charge in [-0.2, -0.15) is 11.8 Å². The van der Waals surface area contributed by atoms with Gasteiger partial charge in [0.05, 0.1) is 12.1 Å². The molecule has 2 rings (SSSR count). The molecule has 0 aromatic rings. The highest BCUT2D eigenvalue weighted by molar-refractivity contribution is 8.00. The van der Waals surface area contributed by atoms with E-state index in [2.05, 4.69) is 10.6 Å². The Morgan fingerprint density at radius 3 is 3.06 bits per heavy atom. The molecule has 3 N–H and O–H groups in total. The number of thioether (sulfide) groups is 1. The Morgan fingerprint density at radius 1 is 1.59 bits per heavy atom. The lowest BCUT2D eigenvalue weighted by atomic mass is 10.0. The van der Waals surface area contributed by atoms with Gasteiger partial charge in [-0.05, 0) is 12.8 Å². The number of halogens is 1. The van der Waals surface area contributed by atoms with E-state index in [0.717, 1.165) is 18.6 Å². The van der Waals surface area contributed by atoms with Gasteiger partial charge in [0, 0.05) is 11.0 Å². The summed E-state index contributed by atoms with van der Waals surface area (Å²) in [6.45, 7) is 0. The first-order valence-corrected chi connectivity index (χ1v) is 7.12. The van der Waals surface area contributed by atoms with E-state index < -0.39 is 11.3 Å². The molecular formula is C10H15ClN2O3S. The Morgan fingerprint density at radius 2 is 2.35 bits per heavy atom. The van der Waals surface area contributed by atoms with Crippen molar-refractivity contribution in [3.8, 4) is 0 Å². The number of alkyl halides is 1. The van der Waals surface area contributed by atoms with Gasteiger partial charge in [-0.1, -0.05) is 6.42 Å². The Kier molecular flexibility index (Phi) is 4.04. The molecule has 0 saturated carbocycles. The first-order chi connectivity index (χ1) is 8.08. The van der Waals surface area contributed by atoms with Crippen molar-refractivity contribution in [2.75, 3.05) is 5.75 Å². The summed E-state index contributed by atoms with van der Waals surface area (Å²) in [5.74, 6) is -0.0310. The van der Waals surface area contributed by atoms with E-state index in [1.807, 2.05) is 11.8 Å². The molecule has 1 unspecified atom stereocenters. The van der Waals surface area contributed by atoms with E-state index in [9.17, 15) is 9.59 Å². The zero-order valence-corrected chi connectivity index (χ0v) is 10.8. The predicted octanol–water partition coefficient (Wildman–Crippen LogP) is 1.01. The molecule has 2 aliphatic heterocycles. The predicted molar refractivity (Wildman–Crippen MR) is 66.6 cm³/mol. The minimum Gasteiger partial charge on any atom is -0.480 e. The zero-order chi connectivity index (χ0) is 12.4. The monoisotopic (exact) mass is 278 g/mol. The van der Waals surface area contributed by atoms with Crippen molar-refractivity contribution in [1.82, 2.24) is 10.6 Å². The Hall–Kier alpha value is -0.620. The summed E-state index contributed by atoms with van der Waals surface area (Å²) in [4.78, 5) is 21.7. The third-order valence-electron chi connectivity index (χ3n) is 3.15. The smallest absolute Gasteiger partial charge is 0.321 e. The van der Waals surface area contributed by atoms with Crippen molar-refractivity contribution < 1.29 is 14.7 Å². The highest BCUT2D eigenvalue weighted by Crippen LogP contribution is 2.33. The normalized spacial score (nSPS) is 32.8. The molecule has 7 heteroatoms. The van der Waals surface area contributed by atoms with Gasteiger partial charge in [-0.3, -0.25) is 4.79 Å². The lowest BCUT2D eigenvalue weighted by Crippen LogP contribution is -2.36. The van der Waals surface area contributed by atoms with Crippen LogP contribution >= 0.6 is 23.4 Å². The number of rotatable bonds is 5. The summed E-state index contributed by atoms with van der Waals surface area (Å²) in [6.07, 6.45) is 2.15. The molecule has 17 heavy (non-hydrogen) atoms. The van der Waals surface area contributed by atoms with Gasteiger partial charge in [0.2, 0.25) is 0 Å². The summed E-state index contributed by atoms with van der Waals surface area (Å²) < 4.78 is 0. The standard InChI is InChI=1S/C10H15ClN2O3S/c11-5(9(14)15)2-1-3-7-8-6(4-17-7)12-10(16)13-8/h5-8H,1-4H2,(H,14,15)(H2,12,13,16)/t5?,6-,7-,8-/m0/s1. The third-order valence-corrected chi connectivity index (χ3v) is 5.07. The first kappa shape index (κ1) is 12.8. The molecule has 2 heterocycles. The molecule has 5 nitrogen and oxygen atoms in total. The molecule has 0 bridgehead atoms. The molecule has 2 saturated heterocycles. The number of carboxylic acid groups (broad SMARTS) is 1. The summed E-state index contributed by atoms with van der Waals surface area (Å²) in [5.41, 5.74) is 0. The Labute approximate surface area is 109 Å². The maximum Gasteiger partial charge on any atom is 0.321 e. The fraction of sp³-hybridized carbons (Fsp3) is 0.800. The van der Waals surface area contributed by atoms with Crippen LogP contribution in [0.25, 0.3) is 0 Å². The minimum absolute atomic E-state index is 0.0916. The van der Waals surface area contributed by atoms with E-state index in [4.69, 9.17) is 16.7 Å². The third kappa shape index (κ3) is 2.98. The van der Waals surface area contributed by atoms with Gasteiger partial charge < -0.3 is 15.7 Å². The maximum absolute atomic E-state index is 11.1. The van der Waals surface area contributed by atoms with E-state index in [-0.39, 0.29) is 18.1 Å². The van der Waals surface area contributed by atoms with E-state index >= 15 is 0 Å². The molecule has 0 aromatic carbocycles. The molecule has 2 aliphatic rings. The molecule has 0 radical (unpaired) electrons. The van der Waals surface area contributed by atoms with Crippen molar-refractivity contribution in [2.24, 2.45) is 0 Å². The van der Waals surface area contributed by atoms with Gasteiger partial charge >= 0.3 is 12.0 Å². The van der Waals surface area contributed by atoms with E-state index in [0.29, 0.717) is 11.7 Å². The van der Waals surface area contributed by atoms with Crippen LogP contribution in [0.5, 0.6) is 0 Å². The molecule has 2 amide bonds. The van der Waals surface area contributed by atoms with Gasteiger partial charge in [-0.25, -0.2) is 4.79 Å². The van der Waals surface area contributed by atoms with Crippen LogP contribution in [0.1, 0.15) is 19.3 Å². The number of hydrogen-bond donors (Lipinski definition) is 3. The number of aliphatic carboxylic acids is 1. The molecule has 0 aromatic heterocycles. The molecular weight excluding hydrogens is 264 g/mol. The second-order valence-electron chi connectivity index (χ2n) is 4.36. The summed E-state index contributed by atoms with van der Waals surface area (Å²) in [6, 6.07) is 0.320. The topological polar surface area (TPSA) is 78.4 Å². The average Bonchev–Trinajstić information content (AvgIpc) is 2.78. The van der Waals surface area contributed by atoms with Crippen molar-refractivity contribution >= 4 is 35.4 Å². The van der Waals surface area contributed by atoms with Crippen LogP contribution in [0.4, 0.5) is 4.79 Å². The number of fused-ring (bicyclic) bond motifs is 1. The number of nitrogens with one attached hydrogen (secondary N) is 2. The fourth-order valence-electron chi connectivity index (χ4n) is 2.26.